The van der Waals surface area contributed by atoms with Crippen molar-refractivity contribution in [2.24, 2.45) is 16.6 Å². The summed E-state index contributed by atoms with van der Waals surface area (Å²) in [4.78, 5) is 8.94. The van der Waals surface area contributed by atoms with Crippen LogP contribution in [0, 0.1) is 5.92 Å². The summed E-state index contributed by atoms with van der Waals surface area (Å²) >= 11 is 0. The number of nitrogens with one attached hydrogen (secondary N) is 2. The van der Waals surface area contributed by atoms with Gasteiger partial charge in [-0.2, -0.15) is 0 Å². The second-order valence-corrected chi connectivity index (χ2v) is 5.77. The Hall–Kier alpha value is -1.57. The summed E-state index contributed by atoms with van der Waals surface area (Å²) < 4.78 is 0. The second-order valence-electron chi connectivity index (χ2n) is 5.77. The number of hydrogen-bond acceptors (Lipinski definition) is 3. The van der Waals surface area contributed by atoms with Crippen LogP contribution >= 0.6 is 24.0 Å². The number of nitrogens with two attached hydrogens (primary N) is 1. The zero-order valence-electron chi connectivity index (χ0n) is 13.2. The highest BCUT2D eigenvalue weighted by molar-refractivity contribution is 14.0. The van der Waals surface area contributed by atoms with Crippen LogP contribution in [0.5, 0.6) is 0 Å². The zero-order chi connectivity index (χ0) is 15.2. The molecule has 1 heterocycles. The molecule has 0 unspecified atom stereocenters. The smallest absolute Gasteiger partial charge is 0.188 e. The number of para-hydroxylation sites is 1. The SMILES string of the molecule is I.NC(=NCC1CCC1)NCCNc1ccc2ccccc2n1. The number of pyridine rings is 1. The Labute approximate surface area is 154 Å². The molecule has 5 nitrogen and oxygen atoms in total. The van der Waals surface area contributed by atoms with E-state index in [1.54, 1.807) is 0 Å². The molecular weight excluding hydrogens is 401 g/mol. The number of nitrogens with zero attached hydrogens (tertiary/aromatic N) is 2. The Balaban J connectivity index is 0.00000192. The van der Waals surface area contributed by atoms with Crippen molar-refractivity contribution in [2.75, 3.05) is 25.0 Å². The Morgan fingerprint density at radius 1 is 1.17 bits per heavy atom. The number of rotatable bonds is 6. The van der Waals surface area contributed by atoms with Crippen molar-refractivity contribution in [3.05, 3.63) is 36.4 Å². The van der Waals surface area contributed by atoms with Crippen molar-refractivity contribution < 1.29 is 0 Å². The molecular formula is C17H24IN5. The molecule has 1 aliphatic rings. The van der Waals surface area contributed by atoms with E-state index < -0.39 is 0 Å². The first kappa shape index (κ1) is 17.8. The van der Waals surface area contributed by atoms with Crippen LogP contribution in [-0.2, 0) is 0 Å². The van der Waals surface area contributed by atoms with Crippen LogP contribution < -0.4 is 16.4 Å². The molecule has 4 N–H and O–H groups in total. The Bertz CT molecular complexity index is 654. The molecule has 0 aliphatic heterocycles. The van der Waals surface area contributed by atoms with Gasteiger partial charge in [-0.25, -0.2) is 4.98 Å². The molecule has 124 valence electrons. The number of halogens is 1. The maximum absolute atomic E-state index is 5.85. The van der Waals surface area contributed by atoms with Gasteiger partial charge < -0.3 is 16.4 Å². The Morgan fingerprint density at radius 3 is 2.78 bits per heavy atom. The minimum absolute atomic E-state index is 0. The molecule has 0 bridgehead atoms. The largest absolute Gasteiger partial charge is 0.370 e. The molecule has 0 atom stereocenters. The first-order chi connectivity index (χ1) is 10.8. The van der Waals surface area contributed by atoms with Gasteiger partial charge in [0.05, 0.1) is 5.52 Å². The summed E-state index contributed by atoms with van der Waals surface area (Å²) in [7, 11) is 0. The minimum Gasteiger partial charge on any atom is -0.370 e. The maximum atomic E-state index is 5.85. The fourth-order valence-electron chi connectivity index (χ4n) is 2.50. The van der Waals surface area contributed by atoms with Gasteiger partial charge in [0.25, 0.3) is 0 Å². The second kappa shape index (κ2) is 8.90. The van der Waals surface area contributed by atoms with E-state index in [4.69, 9.17) is 5.73 Å². The minimum atomic E-state index is 0. The zero-order valence-corrected chi connectivity index (χ0v) is 15.5. The lowest BCUT2D eigenvalue weighted by molar-refractivity contribution is 0.326. The van der Waals surface area contributed by atoms with E-state index in [0.29, 0.717) is 5.96 Å². The van der Waals surface area contributed by atoms with Crippen LogP contribution in [-0.4, -0.2) is 30.6 Å². The number of benzene rings is 1. The van der Waals surface area contributed by atoms with Gasteiger partial charge in [-0.1, -0.05) is 24.6 Å². The molecule has 0 radical (unpaired) electrons. The van der Waals surface area contributed by atoms with Gasteiger partial charge in [-0.15, -0.1) is 24.0 Å². The number of aliphatic imine (C=N–C) groups is 1. The Morgan fingerprint density at radius 2 is 2.00 bits per heavy atom. The lowest BCUT2D eigenvalue weighted by atomic mass is 9.86. The molecule has 1 aromatic heterocycles. The molecule has 0 amide bonds. The molecule has 1 aliphatic carbocycles. The molecule has 1 saturated carbocycles. The summed E-state index contributed by atoms with van der Waals surface area (Å²) in [5, 5.41) is 7.58. The highest BCUT2D eigenvalue weighted by Gasteiger charge is 2.16. The van der Waals surface area contributed by atoms with Crippen LogP contribution in [0.15, 0.2) is 41.4 Å². The number of anilines is 1. The monoisotopic (exact) mass is 425 g/mol. The lowest BCUT2D eigenvalue weighted by Crippen LogP contribution is -2.35. The third-order valence-corrected chi connectivity index (χ3v) is 4.08. The van der Waals surface area contributed by atoms with Gasteiger partial charge in [-0.05, 0) is 37.0 Å². The summed E-state index contributed by atoms with van der Waals surface area (Å²) in [5.74, 6) is 2.17. The van der Waals surface area contributed by atoms with Gasteiger partial charge in [0, 0.05) is 25.0 Å². The van der Waals surface area contributed by atoms with Crippen LogP contribution in [0.2, 0.25) is 0 Å². The first-order valence-electron chi connectivity index (χ1n) is 7.95. The third kappa shape index (κ3) is 5.23. The molecule has 0 saturated heterocycles. The normalized spacial score (nSPS) is 14.9. The number of hydrogen-bond donors (Lipinski definition) is 3. The van der Waals surface area contributed by atoms with Crippen LogP contribution in [0.25, 0.3) is 10.9 Å². The number of fused-ring (bicyclic) bond motifs is 1. The summed E-state index contributed by atoms with van der Waals surface area (Å²) in [5.41, 5.74) is 6.85. The van der Waals surface area contributed by atoms with Gasteiger partial charge in [0.1, 0.15) is 5.82 Å². The third-order valence-electron chi connectivity index (χ3n) is 4.08. The topological polar surface area (TPSA) is 75.3 Å². The summed E-state index contributed by atoms with van der Waals surface area (Å²) in [6, 6.07) is 12.2. The molecule has 0 spiro atoms. The van der Waals surface area contributed by atoms with E-state index in [1.165, 1.54) is 19.3 Å². The van der Waals surface area contributed by atoms with Crippen molar-refractivity contribution in [2.45, 2.75) is 19.3 Å². The predicted molar refractivity (Wildman–Crippen MR) is 107 cm³/mol. The van der Waals surface area contributed by atoms with Crippen LogP contribution in [0.3, 0.4) is 0 Å². The first-order valence-corrected chi connectivity index (χ1v) is 7.95. The highest BCUT2D eigenvalue weighted by atomic mass is 127. The van der Waals surface area contributed by atoms with E-state index >= 15 is 0 Å². The van der Waals surface area contributed by atoms with Crippen molar-refractivity contribution in [1.29, 1.82) is 0 Å². The Kier molecular flexibility index (Phi) is 6.88. The van der Waals surface area contributed by atoms with Crippen molar-refractivity contribution >= 4 is 46.7 Å². The van der Waals surface area contributed by atoms with Gasteiger partial charge >= 0.3 is 0 Å². The van der Waals surface area contributed by atoms with Crippen molar-refractivity contribution in [1.82, 2.24) is 10.3 Å². The predicted octanol–water partition coefficient (Wildman–Crippen LogP) is 2.97. The standard InChI is InChI=1S/C17H23N5.HI/c18-17(21-12-13-4-3-5-13)20-11-10-19-16-9-8-14-6-1-2-7-15(14)22-16;/h1-2,6-9,13H,3-5,10-12H2,(H,19,22)(H3,18,20,21);1H. The summed E-state index contributed by atoms with van der Waals surface area (Å²) in [6.45, 7) is 2.35. The van der Waals surface area contributed by atoms with Crippen molar-refractivity contribution in [3.63, 3.8) is 0 Å². The maximum Gasteiger partial charge on any atom is 0.188 e. The van der Waals surface area contributed by atoms with Gasteiger partial charge in [0.2, 0.25) is 0 Å². The van der Waals surface area contributed by atoms with E-state index in [0.717, 1.165) is 42.3 Å². The van der Waals surface area contributed by atoms with Crippen molar-refractivity contribution in [3.8, 4) is 0 Å². The van der Waals surface area contributed by atoms with E-state index in [-0.39, 0.29) is 24.0 Å². The fraction of sp³-hybridized carbons (Fsp3) is 0.412. The van der Waals surface area contributed by atoms with E-state index in [9.17, 15) is 0 Å². The average molecular weight is 425 g/mol. The highest BCUT2D eigenvalue weighted by Crippen LogP contribution is 2.26. The molecule has 6 heteroatoms. The average Bonchev–Trinajstić information content (AvgIpc) is 2.50. The molecule has 3 rings (SSSR count). The van der Waals surface area contributed by atoms with E-state index in [1.807, 2.05) is 24.3 Å². The molecule has 2 aromatic rings. The lowest BCUT2D eigenvalue weighted by Gasteiger charge is -2.23. The van der Waals surface area contributed by atoms with Crippen LogP contribution in [0.4, 0.5) is 5.82 Å². The molecule has 1 fully saturated rings. The molecule has 1 aromatic carbocycles. The number of guanidine groups is 1. The fourth-order valence-corrected chi connectivity index (χ4v) is 2.50. The van der Waals surface area contributed by atoms with Crippen LogP contribution in [0.1, 0.15) is 19.3 Å². The van der Waals surface area contributed by atoms with Gasteiger partial charge in [-0.3, -0.25) is 4.99 Å². The van der Waals surface area contributed by atoms with E-state index in [2.05, 4.69) is 32.7 Å². The number of aromatic nitrogens is 1. The molecule has 23 heavy (non-hydrogen) atoms. The summed E-state index contributed by atoms with van der Waals surface area (Å²) in [6.07, 6.45) is 3.94. The quantitative estimate of drug-likeness (QED) is 0.288. The van der Waals surface area contributed by atoms with Gasteiger partial charge in [0.15, 0.2) is 5.96 Å².